The number of fused-ring (bicyclic) bond motifs is 1. The molecule has 1 atom stereocenters. The lowest BCUT2D eigenvalue weighted by atomic mass is 10.1. The second-order valence-electron chi connectivity index (χ2n) is 7.31. The average molecular weight is 463 g/mol. The molecule has 0 amide bonds. The maximum Gasteiger partial charge on any atom is 0.178 e. The molecule has 30 heavy (non-hydrogen) atoms. The Bertz CT molecular complexity index is 1160. The van der Waals surface area contributed by atoms with Crippen molar-refractivity contribution in [3.63, 3.8) is 0 Å². The first-order valence-corrected chi connectivity index (χ1v) is 11.0. The first-order valence-electron chi connectivity index (χ1n) is 9.34. The summed E-state index contributed by atoms with van der Waals surface area (Å²) in [5.41, 5.74) is 2.41. The first kappa shape index (κ1) is 21.2. The van der Waals surface area contributed by atoms with Crippen LogP contribution in [0, 0.1) is 0 Å². The Hall–Kier alpha value is -2.09. The van der Waals surface area contributed by atoms with Crippen LogP contribution in [0.3, 0.4) is 0 Å². The lowest BCUT2D eigenvalue weighted by Gasteiger charge is -2.24. The van der Waals surface area contributed by atoms with Crippen molar-refractivity contribution in [3.8, 4) is 17.0 Å². The van der Waals surface area contributed by atoms with Crippen molar-refractivity contribution in [3.05, 3.63) is 69.5 Å². The van der Waals surface area contributed by atoms with Gasteiger partial charge in [-0.3, -0.25) is 0 Å². The molecular weight excluding hydrogens is 443 g/mol. The highest BCUT2D eigenvalue weighted by molar-refractivity contribution is 7.17. The van der Waals surface area contributed by atoms with Crippen molar-refractivity contribution in [2.45, 2.75) is 19.1 Å². The minimum Gasteiger partial charge on any atom is -0.491 e. The molecule has 2 aromatic heterocycles. The lowest BCUT2D eigenvalue weighted by Crippen LogP contribution is -2.42. The maximum atomic E-state index is 10.7. The molecule has 2 heterocycles. The fourth-order valence-electron chi connectivity index (χ4n) is 3.01. The standard InChI is InChI=1S/C22H20Cl2N2O3S/c1-22(27,12-25-11-14-5-6-17(23)18(24)9-14)13-28-16-4-2-3-15(10-16)20-21-19(29-26-20)7-8-30-21/h2-10,25,27H,11-13H2,1H3. The SMILES string of the molecule is CC(O)(CNCc1ccc(Cl)c(Cl)c1)COc1cccc(-c2noc3ccsc23)c1. The molecule has 0 aliphatic heterocycles. The predicted molar refractivity (Wildman–Crippen MR) is 122 cm³/mol. The summed E-state index contributed by atoms with van der Waals surface area (Å²) in [5, 5.41) is 21.0. The number of halogens is 2. The molecule has 0 fully saturated rings. The molecule has 0 aliphatic rings. The Morgan fingerprint density at radius 3 is 2.87 bits per heavy atom. The number of nitrogens with zero attached hydrogens (tertiary/aromatic N) is 1. The van der Waals surface area contributed by atoms with E-state index in [9.17, 15) is 5.11 Å². The quantitative estimate of drug-likeness (QED) is 0.347. The molecule has 0 aliphatic carbocycles. The van der Waals surface area contributed by atoms with E-state index in [1.807, 2.05) is 47.8 Å². The molecular formula is C22H20Cl2N2O3S. The van der Waals surface area contributed by atoms with Crippen LogP contribution in [0.1, 0.15) is 12.5 Å². The fraction of sp³-hybridized carbons (Fsp3) is 0.227. The van der Waals surface area contributed by atoms with E-state index in [1.165, 1.54) is 0 Å². The third-order valence-electron chi connectivity index (χ3n) is 4.56. The third-order valence-corrected chi connectivity index (χ3v) is 6.20. The number of aliphatic hydroxyl groups is 1. The molecule has 8 heteroatoms. The van der Waals surface area contributed by atoms with Crippen molar-refractivity contribution in [2.24, 2.45) is 0 Å². The summed E-state index contributed by atoms with van der Waals surface area (Å²) < 4.78 is 12.2. The van der Waals surface area contributed by atoms with Gasteiger partial charge >= 0.3 is 0 Å². The number of hydrogen-bond donors (Lipinski definition) is 2. The minimum atomic E-state index is -1.05. The predicted octanol–water partition coefficient (Wildman–Crippen LogP) is 5.78. The van der Waals surface area contributed by atoms with Gasteiger partial charge in [-0.15, -0.1) is 11.3 Å². The molecule has 0 bridgehead atoms. The zero-order valence-electron chi connectivity index (χ0n) is 16.2. The largest absolute Gasteiger partial charge is 0.491 e. The smallest absolute Gasteiger partial charge is 0.178 e. The van der Waals surface area contributed by atoms with E-state index in [0.29, 0.717) is 28.9 Å². The number of thiophene rings is 1. The molecule has 4 aromatic rings. The van der Waals surface area contributed by atoms with E-state index < -0.39 is 5.60 Å². The van der Waals surface area contributed by atoms with E-state index in [0.717, 1.165) is 27.1 Å². The highest BCUT2D eigenvalue weighted by atomic mass is 35.5. The Balaban J connectivity index is 1.34. The van der Waals surface area contributed by atoms with E-state index in [1.54, 1.807) is 24.3 Å². The van der Waals surface area contributed by atoms with Crippen LogP contribution >= 0.6 is 34.5 Å². The van der Waals surface area contributed by atoms with Crippen molar-refractivity contribution in [1.29, 1.82) is 0 Å². The van der Waals surface area contributed by atoms with Crippen LogP contribution in [-0.2, 0) is 6.54 Å². The van der Waals surface area contributed by atoms with Crippen LogP contribution in [0.5, 0.6) is 5.75 Å². The molecule has 2 aromatic carbocycles. The summed E-state index contributed by atoms with van der Waals surface area (Å²) >= 11 is 13.6. The molecule has 0 saturated heterocycles. The highest BCUT2D eigenvalue weighted by Crippen LogP contribution is 2.33. The summed E-state index contributed by atoms with van der Waals surface area (Å²) in [6.45, 7) is 2.78. The first-order chi connectivity index (χ1) is 14.4. The highest BCUT2D eigenvalue weighted by Gasteiger charge is 2.21. The van der Waals surface area contributed by atoms with Gasteiger partial charge in [0.05, 0.1) is 10.0 Å². The van der Waals surface area contributed by atoms with Crippen LogP contribution < -0.4 is 10.1 Å². The summed E-state index contributed by atoms with van der Waals surface area (Å²) in [6, 6.07) is 15.0. The number of benzene rings is 2. The summed E-state index contributed by atoms with van der Waals surface area (Å²) in [7, 11) is 0. The molecule has 0 saturated carbocycles. The number of nitrogens with one attached hydrogen (secondary N) is 1. The molecule has 5 nitrogen and oxygen atoms in total. The molecule has 1 unspecified atom stereocenters. The lowest BCUT2D eigenvalue weighted by molar-refractivity contribution is 0.0121. The van der Waals surface area contributed by atoms with Crippen LogP contribution in [0.15, 0.2) is 58.4 Å². The Labute approximate surface area is 188 Å². The monoisotopic (exact) mass is 462 g/mol. The molecule has 0 radical (unpaired) electrons. The Morgan fingerprint density at radius 2 is 2.03 bits per heavy atom. The van der Waals surface area contributed by atoms with Crippen LogP contribution in [0.2, 0.25) is 10.0 Å². The van der Waals surface area contributed by atoms with Gasteiger partial charge in [-0.25, -0.2) is 0 Å². The van der Waals surface area contributed by atoms with E-state index in [2.05, 4.69) is 10.5 Å². The van der Waals surface area contributed by atoms with Crippen LogP contribution in [0.25, 0.3) is 21.5 Å². The number of ether oxygens (including phenoxy) is 1. The second-order valence-corrected chi connectivity index (χ2v) is 9.04. The average Bonchev–Trinajstić information content (AvgIpc) is 3.33. The molecule has 156 valence electrons. The van der Waals surface area contributed by atoms with Gasteiger partial charge < -0.3 is 19.7 Å². The van der Waals surface area contributed by atoms with Crippen molar-refractivity contribution >= 4 is 44.8 Å². The minimum absolute atomic E-state index is 0.137. The van der Waals surface area contributed by atoms with E-state index in [-0.39, 0.29) is 6.61 Å². The molecule has 4 rings (SSSR count). The summed E-state index contributed by atoms with van der Waals surface area (Å²) in [4.78, 5) is 0. The summed E-state index contributed by atoms with van der Waals surface area (Å²) in [6.07, 6.45) is 0. The van der Waals surface area contributed by atoms with Crippen molar-refractivity contribution in [2.75, 3.05) is 13.2 Å². The Morgan fingerprint density at radius 1 is 1.17 bits per heavy atom. The third kappa shape index (κ3) is 4.96. The number of rotatable bonds is 8. The molecule has 2 N–H and O–H groups in total. The van der Waals surface area contributed by atoms with Gasteiger partial charge in [-0.1, -0.05) is 46.6 Å². The Kier molecular flexibility index (Phi) is 6.32. The van der Waals surface area contributed by atoms with Crippen molar-refractivity contribution in [1.82, 2.24) is 10.5 Å². The maximum absolute atomic E-state index is 10.7. The second kappa shape index (κ2) is 8.96. The molecule has 0 spiro atoms. The van der Waals surface area contributed by atoms with Gasteiger partial charge in [0, 0.05) is 18.7 Å². The normalized spacial score (nSPS) is 13.5. The van der Waals surface area contributed by atoms with Gasteiger partial charge in [0.2, 0.25) is 0 Å². The van der Waals surface area contributed by atoms with Crippen molar-refractivity contribution < 1.29 is 14.4 Å². The zero-order valence-corrected chi connectivity index (χ0v) is 18.5. The van der Waals surface area contributed by atoms with E-state index in [4.69, 9.17) is 32.5 Å². The van der Waals surface area contributed by atoms with Gasteiger partial charge in [-0.05, 0) is 48.2 Å². The van der Waals surface area contributed by atoms with Crippen LogP contribution in [-0.4, -0.2) is 29.0 Å². The van der Waals surface area contributed by atoms with Gasteiger partial charge in [0.1, 0.15) is 28.4 Å². The van der Waals surface area contributed by atoms with Gasteiger partial charge in [0.25, 0.3) is 0 Å². The number of aromatic nitrogens is 1. The van der Waals surface area contributed by atoms with E-state index >= 15 is 0 Å². The van der Waals surface area contributed by atoms with Gasteiger partial charge in [0.15, 0.2) is 5.58 Å². The topological polar surface area (TPSA) is 67.5 Å². The zero-order chi connectivity index (χ0) is 21.1. The summed E-state index contributed by atoms with van der Waals surface area (Å²) in [5.74, 6) is 0.657. The number of hydrogen-bond acceptors (Lipinski definition) is 6. The fourth-order valence-corrected chi connectivity index (χ4v) is 4.15. The van der Waals surface area contributed by atoms with Crippen LogP contribution in [0.4, 0.5) is 0 Å². The van der Waals surface area contributed by atoms with Gasteiger partial charge in [-0.2, -0.15) is 0 Å².